The highest BCUT2D eigenvalue weighted by Crippen LogP contribution is 2.38. The van der Waals surface area contributed by atoms with Gasteiger partial charge in [0.1, 0.15) is 17.5 Å². The van der Waals surface area contributed by atoms with Gasteiger partial charge in [-0.05, 0) is 42.7 Å². The van der Waals surface area contributed by atoms with E-state index < -0.39 is 0 Å². The van der Waals surface area contributed by atoms with Crippen LogP contribution in [-0.2, 0) is 19.5 Å². The molecule has 2 aliphatic heterocycles. The Morgan fingerprint density at radius 2 is 2.00 bits per heavy atom. The van der Waals surface area contributed by atoms with Gasteiger partial charge >= 0.3 is 0 Å². The highest BCUT2D eigenvalue weighted by molar-refractivity contribution is 6.36. The summed E-state index contributed by atoms with van der Waals surface area (Å²) in [5, 5.41) is 1.54. The van der Waals surface area contributed by atoms with Gasteiger partial charge in [-0.25, -0.2) is 0 Å². The molecule has 1 atom stereocenters. The molecule has 132 valence electrons. The summed E-state index contributed by atoms with van der Waals surface area (Å²) in [5.41, 5.74) is 4.20. The molecule has 0 bridgehead atoms. The number of fused-ring (bicyclic) bond motifs is 1. The molecular weight excluding hydrogens is 348 g/mol. The lowest BCUT2D eigenvalue weighted by atomic mass is 10.00. The van der Waals surface area contributed by atoms with Crippen LogP contribution in [0.4, 0.5) is 0 Å². The maximum atomic E-state index is 13.3. The number of amides is 1. The van der Waals surface area contributed by atoms with Crippen LogP contribution in [-0.4, -0.2) is 28.0 Å². The molecule has 0 radical (unpaired) electrons. The molecule has 0 spiro atoms. The molecule has 5 heteroatoms. The van der Waals surface area contributed by atoms with Crippen molar-refractivity contribution >= 4 is 28.4 Å². The first-order valence-corrected chi connectivity index (χ1v) is 9.34. The standard InChI is InChI=1S/C21H19ClN2O2/c1-13-11-24-18(10-16-17(22)6-7-19(26-13)20(16)24)21(25)23-9-8-14-4-2-3-5-15(14)12-23/h2-7,10,13H,8-9,11-12H2,1H3/t13-/m0/s1. The van der Waals surface area contributed by atoms with Crippen LogP contribution < -0.4 is 4.74 Å². The Labute approximate surface area is 156 Å². The maximum absolute atomic E-state index is 13.3. The highest BCUT2D eigenvalue weighted by atomic mass is 35.5. The fourth-order valence-electron chi connectivity index (χ4n) is 4.12. The lowest BCUT2D eigenvalue weighted by Gasteiger charge is -2.30. The van der Waals surface area contributed by atoms with Gasteiger partial charge in [-0.2, -0.15) is 0 Å². The van der Waals surface area contributed by atoms with Crippen molar-refractivity contribution in [2.45, 2.75) is 32.5 Å². The zero-order valence-electron chi connectivity index (χ0n) is 14.5. The van der Waals surface area contributed by atoms with E-state index in [4.69, 9.17) is 16.3 Å². The fourth-order valence-corrected chi connectivity index (χ4v) is 4.33. The number of aromatic nitrogens is 1. The van der Waals surface area contributed by atoms with Gasteiger partial charge in [0.15, 0.2) is 0 Å². The van der Waals surface area contributed by atoms with Crippen LogP contribution in [0.25, 0.3) is 10.9 Å². The van der Waals surface area contributed by atoms with Gasteiger partial charge in [0.2, 0.25) is 0 Å². The fraction of sp³-hybridized carbons (Fsp3) is 0.286. The minimum absolute atomic E-state index is 0.0212. The van der Waals surface area contributed by atoms with Crippen molar-refractivity contribution in [2.75, 3.05) is 6.54 Å². The number of hydrogen-bond donors (Lipinski definition) is 0. The second kappa shape index (κ2) is 5.78. The smallest absolute Gasteiger partial charge is 0.270 e. The van der Waals surface area contributed by atoms with E-state index in [1.54, 1.807) is 0 Å². The highest BCUT2D eigenvalue weighted by Gasteiger charge is 2.29. The van der Waals surface area contributed by atoms with Crippen molar-refractivity contribution in [3.05, 3.63) is 64.3 Å². The summed E-state index contributed by atoms with van der Waals surface area (Å²) < 4.78 is 8.02. The predicted molar refractivity (Wildman–Crippen MR) is 102 cm³/mol. The van der Waals surface area contributed by atoms with Gasteiger partial charge in [0.05, 0.1) is 17.1 Å². The van der Waals surface area contributed by atoms with E-state index >= 15 is 0 Å². The largest absolute Gasteiger partial charge is 0.487 e. The molecule has 0 saturated carbocycles. The number of halogens is 1. The molecule has 0 unspecified atom stereocenters. The number of carbonyl (C=O) groups excluding carboxylic acids is 1. The van der Waals surface area contributed by atoms with Crippen molar-refractivity contribution < 1.29 is 9.53 Å². The third kappa shape index (κ3) is 2.32. The van der Waals surface area contributed by atoms with E-state index in [2.05, 4.69) is 22.8 Å². The first-order chi connectivity index (χ1) is 12.6. The molecule has 0 aliphatic carbocycles. The minimum atomic E-state index is 0.0212. The Balaban J connectivity index is 1.58. The molecule has 4 nitrogen and oxygen atoms in total. The monoisotopic (exact) mass is 366 g/mol. The molecule has 0 saturated heterocycles. The lowest BCUT2D eigenvalue weighted by molar-refractivity contribution is 0.0719. The average molecular weight is 367 g/mol. The quantitative estimate of drug-likeness (QED) is 0.644. The molecular formula is C21H19ClN2O2. The molecule has 0 fully saturated rings. The SMILES string of the molecule is C[C@H]1Cn2c(C(=O)N3CCc4ccccc4C3)cc3c(Cl)ccc(c32)O1. The zero-order valence-corrected chi connectivity index (χ0v) is 15.3. The Hall–Kier alpha value is -2.46. The molecule has 3 heterocycles. The van der Waals surface area contributed by atoms with Gasteiger partial charge in [0.25, 0.3) is 5.91 Å². The Kier molecular flexibility index (Phi) is 3.50. The number of nitrogens with zero attached hydrogens (tertiary/aromatic N) is 2. The van der Waals surface area contributed by atoms with Gasteiger partial charge < -0.3 is 14.2 Å². The average Bonchev–Trinajstić information content (AvgIpc) is 3.04. The second-order valence-corrected chi connectivity index (χ2v) is 7.53. The lowest BCUT2D eigenvalue weighted by Crippen LogP contribution is -2.37. The number of carbonyl (C=O) groups is 1. The Bertz CT molecular complexity index is 1040. The van der Waals surface area contributed by atoms with Gasteiger partial charge in [-0.1, -0.05) is 35.9 Å². The third-order valence-electron chi connectivity index (χ3n) is 5.37. The van der Waals surface area contributed by atoms with E-state index in [-0.39, 0.29) is 12.0 Å². The number of ether oxygens (including phenoxy) is 1. The summed E-state index contributed by atoms with van der Waals surface area (Å²) in [4.78, 5) is 15.3. The molecule has 2 aliphatic rings. The number of rotatable bonds is 1. The van der Waals surface area contributed by atoms with E-state index in [0.29, 0.717) is 23.8 Å². The summed E-state index contributed by atoms with van der Waals surface area (Å²) in [5.74, 6) is 0.859. The maximum Gasteiger partial charge on any atom is 0.270 e. The Morgan fingerprint density at radius 3 is 2.85 bits per heavy atom. The van der Waals surface area contributed by atoms with Crippen molar-refractivity contribution in [1.82, 2.24) is 9.47 Å². The first-order valence-electron chi connectivity index (χ1n) is 8.96. The van der Waals surface area contributed by atoms with E-state index in [1.807, 2.05) is 36.1 Å². The number of hydrogen-bond acceptors (Lipinski definition) is 2. The number of benzene rings is 2. The normalized spacial score (nSPS) is 18.5. The van der Waals surface area contributed by atoms with Crippen LogP contribution >= 0.6 is 11.6 Å². The van der Waals surface area contributed by atoms with Crippen LogP contribution in [0.15, 0.2) is 42.5 Å². The van der Waals surface area contributed by atoms with Crippen LogP contribution in [0.3, 0.4) is 0 Å². The van der Waals surface area contributed by atoms with Crippen molar-refractivity contribution in [3.8, 4) is 5.75 Å². The second-order valence-electron chi connectivity index (χ2n) is 7.12. The van der Waals surface area contributed by atoms with Crippen LogP contribution in [0.5, 0.6) is 5.75 Å². The van der Waals surface area contributed by atoms with Crippen molar-refractivity contribution in [3.63, 3.8) is 0 Å². The van der Waals surface area contributed by atoms with E-state index in [9.17, 15) is 4.79 Å². The predicted octanol–water partition coefficient (Wildman–Crippen LogP) is 4.27. The van der Waals surface area contributed by atoms with Crippen molar-refractivity contribution in [1.29, 1.82) is 0 Å². The minimum Gasteiger partial charge on any atom is -0.487 e. The topological polar surface area (TPSA) is 34.5 Å². The van der Waals surface area contributed by atoms with Gasteiger partial charge in [0, 0.05) is 18.5 Å². The van der Waals surface area contributed by atoms with Crippen LogP contribution in [0, 0.1) is 0 Å². The summed E-state index contributed by atoms with van der Waals surface area (Å²) in [6.45, 7) is 4.07. The van der Waals surface area contributed by atoms with Crippen LogP contribution in [0.2, 0.25) is 5.02 Å². The van der Waals surface area contributed by atoms with E-state index in [1.165, 1.54) is 11.1 Å². The molecule has 2 aromatic carbocycles. The zero-order chi connectivity index (χ0) is 17.8. The van der Waals surface area contributed by atoms with Crippen LogP contribution in [0.1, 0.15) is 28.5 Å². The van der Waals surface area contributed by atoms with Gasteiger partial charge in [-0.3, -0.25) is 4.79 Å². The molecule has 1 aromatic heterocycles. The van der Waals surface area contributed by atoms with Crippen molar-refractivity contribution in [2.24, 2.45) is 0 Å². The van der Waals surface area contributed by atoms with E-state index in [0.717, 1.165) is 29.6 Å². The first kappa shape index (κ1) is 15.8. The van der Waals surface area contributed by atoms with Gasteiger partial charge in [-0.15, -0.1) is 0 Å². The summed E-state index contributed by atoms with van der Waals surface area (Å²) in [6, 6.07) is 14.0. The molecule has 5 rings (SSSR count). The summed E-state index contributed by atoms with van der Waals surface area (Å²) >= 11 is 6.40. The molecule has 3 aromatic rings. The summed E-state index contributed by atoms with van der Waals surface area (Å²) in [7, 11) is 0. The molecule has 0 N–H and O–H groups in total. The third-order valence-corrected chi connectivity index (χ3v) is 5.70. The summed E-state index contributed by atoms with van der Waals surface area (Å²) in [6.07, 6.45) is 0.918. The molecule has 26 heavy (non-hydrogen) atoms. The Morgan fingerprint density at radius 1 is 1.19 bits per heavy atom. The molecule has 1 amide bonds.